The number of sulfonamides is 1. The summed E-state index contributed by atoms with van der Waals surface area (Å²) >= 11 is 0. The Hall–Kier alpha value is -2.33. The highest BCUT2D eigenvalue weighted by Crippen LogP contribution is 2.35. The van der Waals surface area contributed by atoms with Crippen LogP contribution in [0.1, 0.15) is 17.2 Å². The third-order valence-electron chi connectivity index (χ3n) is 4.93. The molecule has 0 saturated carbocycles. The second kappa shape index (κ2) is 7.59. The molecule has 9 heteroatoms. The molecular formula is C19H22N2O6S. The van der Waals surface area contributed by atoms with Gasteiger partial charge in [0, 0.05) is 13.6 Å². The van der Waals surface area contributed by atoms with Crippen molar-refractivity contribution in [1.82, 2.24) is 9.79 Å². The molecule has 2 aromatic carbocycles. The molecule has 2 atom stereocenters. The van der Waals surface area contributed by atoms with Gasteiger partial charge in [-0.15, -0.1) is 0 Å². The van der Waals surface area contributed by atoms with Crippen LogP contribution >= 0.6 is 0 Å². The highest BCUT2D eigenvalue weighted by Gasteiger charge is 2.43. The third-order valence-corrected chi connectivity index (χ3v) is 6.67. The molecule has 0 unspecified atom stereocenters. The summed E-state index contributed by atoms with van der Waals surface area (Å²) in [5.41, 5.74) is 1.61. The quantitative estimate of drug-likeness (QED) is 0.783. The monoisotopic (exact) mass is 406 g/mol. The molecule has 1 N–H and O–H groups in total. The van der Waals surface area contributed by atoms with Gasteiger partial charge in [-0.2, -0.15) is 5.06 Å². The predicted molar refractivity (Wildman–Crippen MR) is 102 cm³/mol. The molecule has 0 aliphatic carbocycles. The average molecular weight is 406 g/mol. The SMILES string of the molecule is COc1cccc([C@@H]2[C@H](S(=O)(=O)NCc3ccc4c(c3)OCO4)CON2C)c1. The summed E-state index contributed by atoms with van der Waals surface area (Å²) in [6.07, 6.45) is 0. The van der Waals surface area contributed by atoms with Crippen LogP contribution in [0.25, 0.3) is 0 Å². The molecule has 0 bridgehead atoms. The number of hydrogen-bond donors (Lipinski definition) is 1. The van der Waals surface area contributed by atoms with E-state index >= 15 is 0 Å². The second-order valence-corrected chi connectivity index (χ2v) is 8.64. The van der Waals surface area contributed by atoms with E-state index in [0.29, 0.717) is 17.2 Å². The molecule has 0 aromatic heterocycles. The van der Waals surface area contributed by atoms with E-state index in [9.17, 15) is 8.42 Å². The number of benzene rings is 2. The lowest BCUT2D eigenvalue weighted by Gasteiger charge is -2.23. The standard InChI is InChI=1S/C19H22N2O6S/c1-21-19(14-4-3-5-15(9-14)24-2)18(11-27-21)28(22,23)20-10-13-6-7-16-17(8-13)26-12-25-16/h3-9,18-20H,10-12H2,1-2H3/t18-,19-/m1/s1. The van der Waals surface area contributed by atoms with Crippen LogP contribution in [0.3, 0.4) is 0 Å². The van der Waals surface area contributed by atoms with Gasteiger partial charge in [0.05, 0.1) is 19.8 Å². The minimum absolute atomic E-state index is 0.0782. The zero-order valence-corrected chi connectivity index (χ0v) is 16.4. The van der Waals surface area contributed by atoms with Crippen molar-refractivity contribution in [1.29, 1.82) is 0 Å². The van der Waals surface area contributed by atoms with Crippen LogP contribution in [0.4, 0.5) is 0 Å². The van der Waals surface area contributed by atoms with Gasteiger partial charge < -0.3 is 14.2 Å². The van der Waals surface area contributed by atoms with Gasteiger partial charge in [0.2, 0.25) is 16.8 Å². The first-order valence-corrected chi connectivity index (χ1v) is 10.4. The highest BCUT2D eigenvalue weighted by atomic mass is 32.2. The van der Waals surface area contributed by atoms with E-state index in [1.54, 1.807) is 31.4 Å². The van der Waals surface area contributed by atoms with Crippen molar-refractivity contribution >= 4 is 10.0 Å². The summed E-state index contributed by atoms with van der Waals surface area (Å²) in [6, 6.07) is 12.3. The van der Waals surface area contributed by atoms with Gasteiger partial charge in [-0.25, -0.2) is 13.1 Å². The lowest BCUT2D eigenvalue weighted by Crippen LogP contribution is -2.39. The smallest absolute Gasteiger partial charge is 0.231 e. The van der Waals surface area contributed by atoms with E-state index in [1.807, 2.05) is 30.3 Å². The van der Waals surface area contributed by atoms with Gasteiger partial charge in [-0.1, -0.05) is 18.2 Å². The maximum Gasteiger partial charge on any atom is 0.231 e. The minimum Gasteiger partial charge on any atom is -0.497 e. The van der Waals surface area contributed by atoms with Crippen molar-refractivity contribution in [2.24, 2.45) is 0 Å². The number of fused-ring (bicyclic) bond motifs is 1. The molecule has 2 aromatic rings. The van der Waals surface area contributed by atoms with Crippen molar-refractivity contribution in [3.05, 3.63) is 53.6 Å². The van der Waals surface area contributed by atoms with Crippen LogP contribution in [0.2, 0.25) is 0 Å². The van der Waals surface area contributed by atoms with Gasteiger partial charge in [0.15, 0.2) is 11.5 Å². The Morgan fingerprint density at radius 3 is 2.82 bits per heavy atom. The molecule has 2 heterocycles. The molecular weight excluding hydrogens is 384 g/mol. The molecule has 2 aliphatic rings. The largest absolute Gasteiger partial charge is 0.497 e. The van der Waals surface area contributed by atoms with Crippen molar-refractivity contribution < 1.29 is 27.5 Å². The molecule has 1 fully saturated rings. The summed E-state index contributed by atoms with van der Waals surface area (Å²) in [5, 5.41) is 0.831. The molecule has 0 spiro atoms. The lowest BCUT2D eigenvalue weighted by atomic mass is 10.0. The Kier molecular flexibility index (Phi) is 5.15. The zero-order valence-electron chi connectivity index (χ0n) is 15.6. The van der Waals surface area contributed by atoms with E-state index in [0.717, 1.165) is 11.1 Å². The molecule has 8 nitrogen and oxygen atoms in total. The van der Waals surface area contributed by atoms with E-state index in [4.69, 9.17) is 19.0 Å². The Morgan fingerprint density at radius 2 is 2.00 bits per heavy atom. The van der Waals surface area contributed by atoms with E-state index in [1.165, 1.54) is 0 Å². The fourth-order valence-corrected chi connectivity index (χ4v) is 4.94. The van der Waals surface area contributed by atoms with Crippen LogP contribution in [0, 0.1) is 0 Å². The van der Waals surface area contributed by atoms with E-state index < -0.39 is 21.3 Å². The lowest BCUT2D eigenvalue weighted by molar-refractivity contribution is -0.110. The first-order chi connectivity index (χ1) is 13.5. The fourth-order valence-electron chi connectivity index (χ4n) is 3.45. The number of methoxy groups -OCH3 is 1. The molecule has 28 heavy (non-hydrogen) atoms. The second-order valence-electron chi connectivity index (χ2n) is 6.66. The number of hydrogen-bond acceptors (Lipinski definition) is 7. The molecule has 150 valence electrons. The summed E-state index contributed by atoms with van der Waals surface area (Å²) in [7, 11) is -0.339. The minimum atomic E-state index is -3.65. The van der Waals surface area contributed by atoms with Crippen molar-refractivity contribution in [2.75, 3.05) is 27.6 Å². The van der Waals surface area contributed by atoms with Gasteiger partial charge in [-0.3, -0.25) is 4.84 Å². The number of nitrogens with zero attached hydrogens (tertiary/aromatic N) is 1. The normalized spacial score (nSPS) is 21.8. The molecule has 2 aliphatic heterocycles. The summed E-state index contributed by atoms with van der Waals surface area (Å²) in [4.78, 5) is 5.54. The van der Waals surface area contributed by atoms with Gasteiger partial charge in [0.25, 0.3) is 0 Å². The Labute approximate surface area is 164 Å². The Morgan fingerprint density at radius 1 is 1.18 bits per heavy atom. The third kappa shape index (κ3) is 3.66. The first-order valence-electron chi connectivity index (χ1n) is 8.84. The average Bonchev–Trinajstić information content (AvgIpc) is 3.32. The van der Waals surface area contributed by atoms with Crippen molar-refractivity contribution in [3.63, 3.8) is 0 Å². The molecule has 0 radical (unpaired) electrons. The van der Waals surface area contributed by atoms with Crippen molar-refractivity contribution in [2.45, 2.75) is 17.8 Å². The Bertz CT molecular complexity index is 965. The number of rotatable bonds is 6. The summed E-state index contributed by atoms with van der Waals surface area (Å²) < 4.78 is 44.6. The Balaban J connectivity index is 1.52. The molecule has 1 saturated heterocycles. The first kappa shape index (κ1) is 19.0. The topological polar surface area (TPSA) is 86.3 Å². The number of nitrogens with one attached hydrogen (secondary N) is 1. The summed E-state index contributed by atoms with van der Waals surface area (Å²) in [6.45, 7) is 0.414. The van der Waals surface area contributed by atoms with Crippen LogP contribution in [0.5, 0.6) is 17.2 Å². The number of hydroxylamine groups is 2. The van der Waals surface area contributed by atoms with Crippen molar-refractivity contribution in [3.8, 4) is 17.2 Å². The van der Waals surface area contributed by atoms with Crippen LogP contribution < -0.4 is 18.9 Å². The zero-order chi connectivity index (χ0) is 19.7. The maximum atomic E-state index is 13.0. The highest BCUT2D eigenvalue weighted by molar-refractivity contribution is 7.90. The summed E-state index contributed by atoms with van der Waals surface area (Å²) in [5.74, 6) is 1.95. The van der Waals surface area contributed by atoms with E-state index in [-0.39, 0.29) is 19.9 Å². The molecule has 4 rings (SSSR count). The van der Waals surface area contributed by atoms with Crippen LogP contribution in [-0.2, 0) is 21.4 Å². The van der Waals surface area contributed by atoms with Gasteiger partial charge in [-0.05, 0) is 35.4 Å². The van der Waals surface area contributed by atoms with E-state index in [2.05, 4.69) is 4.72 Å². The predicted octanol–water partition coefficient (Wildman–Crippen LogP) is 1.83. The molecule has 0 amide bonds. The van der Waals surface area contributed by atoms with Gasteiger partial charge in [0.1, 0.15) is 11.0 Å². The van der Waals surface area contributed by atoms with Crippen LogP contribution in [-0.4, -0.2) is 46.3 Å². The number of ether oxygens (including phenoxy) is 3. The van der Waals surface area contributed by atoms with Gasteiger partial charge >= 0.3 is 0 Å². The maximum absolute atomic E-state index is 13.0. The fraction of sp³-hybridized carbons (Fsp3) is 0.368. The van der Waals surface area contributed by atoms with Crippen LogP contribution in [0.15, 0.2) is 42.5 Å².